The van der Waals surface area contributed by atoms with Gasteiger partial charge in [-0.1, -0.05) is 13.0 Å². The number of hydrogen-bond donors (Lipinski definition) is 0. The maximum absolute atomic E-state index is 11.8. The lowest BCUT2D eigenvalue weighted by Gasteiger charge is -2.52. The molecule has 0 spiro atoms. The fourth-order valence-corrected chi connectivity index (χ4v) is 3.70. The molecule has 2 fully saturated rings. The van der Waals surface area contributed by atoms with Crippen molar-refractivity contribution in [3.63, 3.8) is 0 Å². The van der Waals surface area contributed by atoms with E-state index in [9.17, 15) is 4.79 Å². The lowest BCUT2D eigenvalue weighted by Crippen LogP contribution is -2.60. The summed E-state index contributed by atoms with van der Waals surface area (Å²) in [5, 5.41) is 0. The van der Waals surface area contributed by atoms with E-state index in [1.54, 1.807) is 7.11 Å². The molecular formula is C17H25N3O2. The van der Waals surface area contributed by atoms with E-state index in [0.717, 1.165) is 32.5 Å². The van der Waals surface area contributed by atoms with E-state index in [4.69, 9.17) is 4.74 Å². The summed E-state index contributed by atoms with van der Waals surface area (Å²) in [6.07, 6.45) is 6.72. The molecule has 2 saturated heterocycles. The molecule has 3 heterocycles. The number of likely N-dealkylation sites (tertiary alicyclic amines) is 2. The van der Waals surface area contributed by atoms with E-state index < -0.39 is 0 Å². The van der Waals surface area contributed by atoms with Crippen molar-refractivity contribution in [3.05, 3.63) is 30.1 Å². The minimum atomic E-state index is 0.250. The molecule has 2 aliphatic rings. The van der Waals surface area contributed by atoms with Crippen molar-refractivity contribution < 1.29 is 9.53 Å². The number of piperidine rings is 1. The van der Waals surface area contributed by atoms with Gasteiger partial charge in [-0.05, 0) is 24.5 Å². The highest BCUT2D eigenvalue weighted by molar-refractivity contribution is 5.75. The van der Waals surface area contributed by atoms with E-state index >= 15 is 0 Å². The zero-order chi connectivity index (χ0) is 15.5. The molecule has 0 saturated carbocycles. The van der Waals surface area contributed by atoms with Crippen molar-refractivity contribution in [2.75, 3.05) is 26.7 Å². The Balaban J connectivity index is 1.64. The van der Waals surface area contributed by atoms with E-state index in [2.05, 4.69) is 16.0 Å². The Hall–Kier alpha value is -1.46. The van der Waals surface area contributed by atoms with Crippen molar-refractivity contribution in [3.8, 4) is 0 Å². The first kappa shape index (κ1) is 15.4. The topological polar surface area (TPSA) is 45.7 Å². The molecule has 5 nitrogen and oxygen atoms in total. The van der Waals surface area contributed by atoms with E-state index in [1.807, 2.05) is 30.3 Å². The van der Waals surface area contributed by atoms with E-state index in [0.29, 0.717) is 18.5 Å². The summed E-state index contributed by atoms with van der Waals surface area (Å²) in [6.45, 7) is 4.67. The summed E-state index contributed by atoms with van der Waals surface area (Å²) < 4.78 is 5.62. The lowest BCUT2D eigenvalue weighted by atomic mass is 9.87. The smallest absolute Gasteiger partial charge is 0.222 e. The van der Waals surface area contributed by atoms with Crippen LogP contribution >= 0.6 is 0 Å². The molecular weight excluding hydrogens is 278 g/mol. The van der Waals surface area contributed by atoms with Gasteiger partial charge in [-0.2, -0.15) is 0 Å². The molecule has 22 heavy (non-hydrogen) atoms. The van der Waals surface area contributed by atoms with Crippen LogP contribution in [0.25, 0.3) is 0 Å². The molecule has 0 unspecified atom stereocenters. The number of aromatic nitrogens is 1. The number of ether oxygens (including phenoxy) is 1. The third kappa shape index (κ3) is 2.88. The van der Waals surface area contributed by atoms with Gasteiger partial charge >= 0.3 is 0 Å². The van der Waals surface area contributed by atoms with Crippen molar-refractivity contribution in [1.82, 2.24) is 14.8 Å². The van der Waals surface area contributed by atoms with Crippen LogP contribution in [0.4, 0.5) is 0 Å². The SMILES string of the molecule is CCC(=O)N1CCC(N2C[C@H](OC)[C@@H]2c2cccnc2)CC1. The molecule has 0 N–H and O–H groups in total. The standard InChI is InChI=1S/C17H25N3O2/c1-3-16(21)19-9-6-14(7-10-19)20-12-15(22-2)17(20)13-5-4-8-18-11-13/h4-5,8,11,14-15,17H,3,6-7,9-10,12H2,1-2H3/t15-,17-/m0/s1. The van der Waals surface area contributed by atoms with Gasteiger partial charge in [-0.15, -0.1) is 0 Å². The third-order valence-electron chi connectivity index (χ3n) is 5.02. The van der Waals surface area contributed by atoms with Gasteiger partial charge in [0.2, 0.25) is 5.91 Å². The molecule has 0 radical (unpaired) electrons. The number of pyridine rings is 1. The van der Waals surface area contributed by atoms with Gasteiger partial charge < -0.3 is 9.64 Å². The summed E-state index contributed by atoms with van der Waals surface area (Å²) >= 11 is 0. The summed E-state index contributed by atoms with van der Waals surface area (Å²) in [4.78, 5) is 20.6. The van der Waals surface area contributed by atoms with Crippen molar-refractivity contribution in [2.24, 2.45) is 0 Å². The van der Waals surface area contributed by atoms with Crippen LogP contribution in [0.5, 0.6) is 0 Å². The van der Waals surface area contributed by atoms with Gasteiger partial charge in [0.25, 0.3) is 0 Å². The molecule has 2 aliphatic heterocycles. The summed E-state index contributed by atoms with van der Waals surface area (Å²) in [7, 11) is 1.79. The van der Waals surface area contributed by atoms with Crippen molar-refractivity contribution in [1.29, 1.82) is 0 Å². The zero-order valence-electron chi connectivity index (χ0n) is 13.4. The predicted molar refractivity (Wildman–Crippen MR) is 84.4 cm³/mol. The Morgan fingerprint density at radius 3 is 2.77 bits per heavy atom. The molecule has 120 valence electrons. The first-order valence-electron chi connectivity index (χ1n) is 8.20. The molecule has 0 aromatic carbocycles. The van der Waals surface area contributed by atoms with Crippen LogP contribution < -0.4 is 0 Å². The van der Waals surface area contributed by atoms with Crippen molar-refractivity contribution >= 4 is 5.91 Å². The fraction of sp³-hybridized carbons (Fsp3) is 0.647. The van der Waals surface area contributed by atoms with Crippen LogP contribution in [0.1, 0.15) is 37.8 Å². The quantitative estimate of drug-likeness (QED) is 0.851. The van der Waals surface area contributed by atoms with Gasteiger partial charge in [0.1, 0.15) is 0 Å². The number of carbonyl (C=O) groups excluding carboxylic acids is 1. The monoisotopic (exact) mass is 303 g/mol. The summed E-state index contributed by atoms with van der Waals surface area (Å²) in [5.41, 5.74) is 1.23. The zero-order valence-corrected chi connectivity index (χ0v) is 13.4. The highest BCUT2D eigenvalue weighted by atomic mass is 16.5. The number of nitrogens with zero attached hydrogens (tertiary/aromatic N) is 3. The van der Waals surface area contributed by atoms with E-state index in [-0.39, 0.29) is 12.0 Å². The maximum Gasteiger partial charge on any atom is 0.222 e. The highest BCUT2D eigenvalue weighted by Gasteiger charge is 2.44. The second-order valence-electron chi connectivity index (χ2n) is 6.17. The highest BCUT2D eigenvalue weighted by Crippen LogP contribution is 2.39. The largest absolute Gasteiger partial charge is 0.378 e. The van der Waals surface area contributed by atoms with Gasteiger partial charge in [0, 0.05) is 51.6 Å². The Morgan fingerprint density at radius 1 is 1.41 bits per heavy atom. The molecule has 1 amide bonds. The molecule has 2 atom stereocenters. The molecule has 0 aliphatic carbocycles. The first-order chi connectivity index (χ1) is 10.7. The van der Waals surface area contributed by atoms with Crippen LogP contribution in [-0.2, 0) is 9.53 Å². The van der Waals surface area contributed by atoms with Crippen molar-refractivity contribution in [2.45, 2.75) is 44.4 Å². The summed E-state index contributed by atoms with van der Waals surface area (Å²) in [6, 6.07) is 4.96. The third-order valence-corrected chi connectivity index (χ3v) is 5.02. The van der Waals surface area contributed by atoms with Crippen LogP contribution in [0.15, 0.2) is 24.5 Å². The Kier molecular flexibility index (Phi) is 4.74. The average molecular weight is 303 g/mol. The van der Waals surface area contributed by atoms with Crippen LogP contribution in [0.2, 0.25) is 0 Å². The second kappa shape index (κ2) is 6.75. The predicted octanol–water partition coefficient (Wildman–Crippen LogP) is 1.85. The molecule has 5 heteroatoms. The number of methoxy groups -OCH3 is 1. The Bertz CT molecular complexity index is 500. The van der Waals surface area contributed by atoms with Gasteiger partial charge in [-0.3, -0.25) is 14.7 Å². The van der Waals surface area contributed by atoms with Crippen LogP contribution in [-0.4, -0.2) is 59.6 Å². The molecule has 3 rings (SSSR count). The Labute approximate surface area is 132 Å². The van der Waals surface area contributed by atoms with Crippen LogP contribution in [0, 0.1) is 0 Å². The van der Waals surface area contributed by atoms with Gasteiger partial charge in [0.05, 0.1) is 12.1 Å². The fourth-order valence-electron chi connectivity index (χ4n) is 3.70. The minimum absolute atomic E-state index is 0.250. The number of hydrogen-bond acceptors (Lipinski definition) is 4. The van der Waals surface area contributed by atoms with Gasteiger partial charge in [-0.25, -0.2) is 0 Å². The van der Waals surface area contributed by atoms with E-state index in [1.165, 1.54) is 5.56 Å². The lowest BCUT2D eigenvalue weighted by molar-refractivity contribution is -0.137. The molecule has 1 aromatic rings. The average Bonchev–Trinajstić information content (AvgIpc) is 2.55. The Morgan fingerprint density at radius 2 is 2.18 bits per heavy atom. The maximum atomic E-state index is 11.8. The summed E-state index contributed by atoms with van der Waals surface area (Å²) in [5.74, 6) is 0.278. The number of amides is 1. The first-order valence-corrected chi connectivity index (χ1v) is 8.20. The number of rotatable bonds is 4. The minimum Gasteiger partial charge on any atom is -0.378 e. The molecule has 1 aromatic heterocycles. The van der Waals surface area contributed by atoms with Gasteiger partial charge in [0.15, 0.2) is 0 Å². The number of carbonyl (C=O) groups is 1. The van der Waals surface area contributed by atoms with Crippen LogP contribution in [0.3, 0.4) is 0 Å². The second-order valence-corrected chi connectivity index (χ2v) is 6.17. The normalized spacial score (nSPS) is 26.7. The molecule has 0 bridgehead atoms.